The van der Waals surface area contributed by atoms with E-state index in [0.717, 1.165) is 5.52 Å². The van der Waals surface area contributed by atoms with E-state index >= 15 is 0 Å². The minimum absolute atomic E-state index is 0.280. The van der Waals surface area contributed by atoms with Crippen LogP contribution >= 0.6 is 0 Å². The summed E-state index contributed by atoms with van der Waals surface area (Å²) in [5, 5.41) is 9.33. The summed E-state index contributed by atoms with van der Waals surface area (Å²) in [4.78, 5) is 18.6. The molecule has 2 N–H and O–H groups in total. The number of para-hydroxylation sites is 3. The Balaban J connectivity index is 1.96. The second-order valence-corrected chi connectivity index (χ2v) is 4.29. The Labute approximate surface area is 114 Å². The number of nitrogens with zero attached hydrogens (tertiary/aromatic N) is 1. The number of hydrogen-bond acceptors (Lipinski definition) is 3. The first-order chi connectivity index (χ1) is 9.74. The van der Waals surface area contributed by atoms with Crippen molar-refractivity contribution in [2.45, 2.75) is 6.10 Å². The van der Waals surface area contributed by atoms with Gasteiger partial charge in [-0.1, -0.05) is 30.3 Å². The molecule has 1 aromatic heterocycles. The van der Waals surface area contributed by atoms with E-state index in [4.69, 9.17) is 4.74 Å². The number of ether oxygens (including phenoxy) is 1. The number of carboxylic acids is 1. The Bertz CT molecular complexity index is 704. The van der Waals surface area contributed by atoms with Gasteiger partial charge in [0.05, 0.1) is 11.0 Å². The lowest BCUT2D eigenvalue weighted by molar-refractivity contribution is -0.145. The first-order valence-electron chi connectivity index (χ1n) is 6.13. The second kappa shape index (κ2) is 5.05. The summed E-state index contributed by atoms with van der Waals surface area (Å²) in [5.74, 6) is -0.323. The smallest absolute Gasteiger partial charge is 0.352 e. The minimum Gasteiger partial charge on any atom is -0.478 e. The summed E-state index contributed by atoms with van der Waals surface area (Å²) < 4.78 is 5.50. The van der Waals surface area contributed by atoms with Gasteiger partial charge in [0.1, 0.15) is 5.75 Å². The summed E-state index contributed by atoms with van der Waals surface area (Å²) in [6.07, 6.45) is -1.16. The molecule has 0 bridgehead atoms. The van der Waals surface area contributed by atoms with E-state index in [0.29, 0.717) is 11.3 Å². The van der Waals surface area contributed by atoms with Gasteiger partial charge in [-0.05, 0) is 24.3 Å². The maximum atomic E-state index is 11.4. The zero-order valence-electron chi connectivity index (χ0n) is 10.5. The number of carbonyl (C=O) groups is 1. The number of carboxylic acid groups (broad SMARTS) is 1. The van der Waals surface area contributed by atoms with Crippen LogP contribution in [0.3, 0.4) is 0 Å². The first kappa shape index (κ1) is 12.2. The average molecular weight is 268 g/mol. The van der Waals surface area contributed by atoms with Crippen molar-refractivity contribution in [3.8, 4) is 5.75 Å². The third-order valence-electron chi connectivity index (χ3n) is 2.88. The maximum Gasteiger partial charge on any atom is 0.352 e. The Hall–Kier alpha value is -2.82. The molecule has 100 valence electrons. The van der Waals surface area contributed by atoms with Gasteiger partial charge in [-0.3, -0.25) is 0 Å². The number of benzene rings is 2. The maximum absolute atomic E-state index is 11.4. The Morgan fingerprint density at radius 3 is 2.50 bits per heavy atom. The van der Waals surface area contributed by atoms with Crippen molar-refractivity contribution in [2.75, 3.05) is 0 Å². The zero-order valence-corrected chi connectivity index (χ0v) is 10.5. The summed E-state index contributed by atoms with van der Waals surface area (Å²) in [7, 11) is 0. The molecule has 1 atom stereocenters. The van der Waals surface area contributed by atoms with Gasteiger partial charge < -0.3 is 14.8 Å². The van der Waals surface area contributed by atoms with E-state index in [1.165, 1.54) is 0 Å². The lowest BCUT2D eigenvalue weighted by atomic mass is 10.3. The monoisotopic (exact) mass is 268 g/mol. The molecule has 0 saturated heterocycles. The summed E-state index contributed by atoms with van der Waals surface area (Å²) >= 11 is 0. The topological polar surface area (TPSA) is 75.2 Å². The molecule has 3 rings (SSSR count). The molecule has 0 amide bonds. The van der Waals surface area contributed by atoms with Crippen molar-refractivity contribution in [2.24, 2.45) is 0 Å². The molecule has 2 aromatic carbocycles. The Kier molecular flexibility index (Phi) is 3.09. The van der Waals surface area contributed by atoms with Crippen LogP contribution in [0, 0.1) is 0 Å². The predicted octanol–water partition coefficient (Wildman–Crippen LogP) is 2.77. The van der Waals surface area contributed by atoms with Gasteiger partial charge in [0.2, 0.25) is 0 Å². The molecular formula is C15H12N2O3. The fraction of sp³-hybridized carbons (Fsp3) is 0.0667. The number of rotatable bonds is 4. The van der Waals surface area contributed by atoms with E-state index < -0.39 is 12.1 Å². The standard InChI is InChI=1S/C15H12N2O3/c18-15(19)13(20-10-6-2-1-3-7-10)14-16-11-8-4-5-9-12(11)17-14/h1-9,13H,(H,16,17)(H,18,19). The molecule has 20 heavy (non-hydrogen) atoms. The Morgan fingerprint density at radius 1 is 1.10 bits per heavy atom. The highest BCUT2D eigenvalue weighted by Crippen LogP contribution is 2.22. The molecule has 0 saturated carbocycles. The van der Waals surface area contributed by atoms with Gasteiger partial charge in [-0.25, -0.2) is 9.78 Å². The highest BCUT2D eigenvalue weighted by atomic mass is 16.5. The normalized spacial score (nSPS) is 12.2. The molecule has 5 nitrogen and oxygen atoms in total. The number of fused-ring (bicyclic) bond motifs is 1. The Morgan fingerprint density at radius 2 is 1.80 bits per heavy atom. The number of hydrogen-bond donors (Lipinski definition) is 2. The van der Waals surface area contributed by atoms with Gasteiger partial charge in [-0.2, -0.15) is 0 Å². The quantitative estimate of drug-likeness (QED) is 0.763. The lowest BCUT2D eigenvalue weighted by Crippen LogP contribution is -2.19. The largest absolute Gasteiger partial charge is 0.478 e. The fourth-order valence-corrected chi connectivity index (χ4v) is 1.96. The molecule has 0 spiro atoms. The number of imidazole rings is 1. The summed E-state index contributed by atoms with van der Waals surface area (Å²) in [5.41, 5.74) is 1.50. The van der Waals surface area contributed by atoms with Crippen molar-refractivity contribution in [1.82, 2.24) is 9.97 Å². The third-order valence-corrected chi connectivity index (χ3v) is 2.88. The van der Waals surface area contributed by atoms with Crippen molar-refractivity contribution >= 4 is 17.0 Å². The van der Waals surface area contributed by atoms with Crippen LogP contribution in [0.5, 0.6) is 5.75 Å². The van der Waals surface area contributed by atoms with Crippen LogP contribution in [0.1, 0.15) is 11.9 Å². The summed E-state index contributed by atoms with van der Waals surface area (Å²) in [6, 6.07) is 16.2. The third kappa shape index (κ3) is 2.33. The first-order valence-corrected chi connectivity index (χ1v) is 6.13. The molecule has 0 aliphatic rings. The van der Waals surface area contributed by atoms with Crippen LogP contribution in [-0.4, -0.2) is 21.0 Å². The van der Waals surface area contributed by atoms with Gasteiger partial charge in [0, 0.05) is 0 Å². The van der Waals surface area contributed by atoms with E-state index in [1.54, 1.807) is 24.3 Å². The predicted molar refractivity (Wildman–Crippen MR) is 73.5 cm³/mol. The van der Waals surface area contributed by atoms with Gasteiger partial charge in [0.25, 0.3) is 6.10 Å². The molecule has 0 aliphatic carbocycles. The van der Waals surface area contributed by atoms with Gasteiger partial charge in [-0.15, -0.1) is 0 Å². The molecule has 0 radical (unpaired) electrons. The molecule has 1 unspecified atom stereocenters. The van der Waals surface area contributed by atoms with Crippen LogP contribution in [0.2, 0.25) is 0 Å². The molecule has 1 heterocycles. The lowest BCUT2D eigenvalue weighted by Gasteiger charge is -2.12. The average Bonchev–Trinajstić information content (AvgIpc) is 2.89. The van der Waals surface area contributed by atoms with E-state index in [2.05, 4.69) is 9.97 Å². The number of nitrogens with one attached hydrogen (secondary N) is 1. The van der Waals surface area contributed by atoms with Gasteiger partial charge >= 0.3 is 5.97 Å². The molecule has 3 aromatic rings. The van der Waals surface area contributed by atoms with E-state index in [1.807, 2.05) is 30.3 Å². The zero-order chi connectivity index (χ0) is 13.9. The molecule has 5 heteroatoms. The van der Waals surface area contributed by atoms with Crippen LogP contribution < -0.4 is 4.74 Å². The SMILES string of the molecule is O=C(O)C(Oc1ccccc1)c1nc2ccccc2[nH]1. The number of aromatic nitrogens is 2. The van der Waals surface area contributed by atoms with Crippen molar-refractivity contribution in [1.29, 1.82) is 0 Å². The molecule has 0 aliphatic heterocycles. The fourth-order valence-electron chi connectivity index (χ4n) is 1.96. The van der Waals surface area contributed by atoms with Crippen LogP contribution in [0.15, 0.2) is 54.6 Å². The highest BCUT2D eigenvalue weighted by molar-refractivity contribution is 5.78. The number of aromatic amines is 1. The highest BCUT2D eigenvalue weighted by Gasteiger charge is 2.25. The van der Waals surface area contributed by atoms with Crippen LogP contribution in [0.4, 0.5) is 0 Å². The molecular weight excluding hydrogens is 256 g/mol. The van der Waals surface area contributed by atoms with Crippen molar-refractivity contribution in [3.63, 3.8) is 0 Å². The van der Waals surface area contributed by atoms with E-state index in [-0.39, 0.29) is 5.82 Å². The van der Waals surface area contributed by atoms with Crippen LogP contribution in [0.25, 0.3) is 11.0 Å². The van der Waals surface area contributed by atoms with Crippen molar-refractivity contribution < 1.29 is 14.6 Å². The van der Waals surface area contributed by atoms with E-state index in [9.17, 15) is 9.90 Å². The molecule has 0 fully saturated rings. The number of aliphatic carboxylic acids is 1. The van der Waals surface area contributed by atoms with Gasteiger partial charge in [0.15, 0.2) is 5.82 Å². The van der Waals surface area contributed by atoms with Crippen molar-refractivity contribution in [3.05, 3.63) is 60.4 Å². The van der Waals surface area contributed by atoms with Crippen LogP contribution in [-0.2, 0) is 4.79 Å². The summed E-state index contributed by atoms with van der Waals surface area (Å²) in [6.45, 7) is 0. The number of H-pyrrole nitrogens is 1. The minimum atomic E-state index is -1.16. The second-order valence-electron chi connectivity index (χ2n) is 4.29.